The second kappa shape index (κ2) is 9.34. The van der Waals surface area contributed by atoms with Gasteiger partial charge in [-0.25, -0.2) is 14.4 Å². The third-order valence-corrected chi connectivity index (χ3v) is 5.08. The maximum Gasteiger partial charge on any atom is 0.191 e. The minimum Gasteiger partial charge on any atom is -0.466 e. The zero-order valence-electron chi connectivity index (χ0n) is 18.7. The predicted octanol–water partition coefficient (Wildman–Crippen LogP) is 3.49. The summed E-state index contributed by atoms with van der Waals surface area (Å²) in [5.74, 6) is 2.37. The van der Waals surface area contributed by atoms with E-state index in [4.69, 9.17) is 4.42 Å². The van der Waals surface area contributed by atoms with Gasteiger partial charge in [0.25, 0.3) is 0 Å². The second-order valence-electron chi connectivity index (χ2n) is 7.78. The zero-order valence-corrected chi connectivity index (χ0v) is 18.7. The average molecular weight is 428 g/mol. The molecule has 3 N–H and O–H groups in total. The van der Waals surface area contributed by atoms with Crippen LogP contribution >= 0.6 is 0 Å². The monoisotopic (exact) mass is 427 g/mol. The van der Waals surface area contributed by atoms with Crippen LogP contribution in [0, 0.1) is 26.6 Å². The fourth-order valence-electron chi connectivity index (χ4n) is 3.51. The highest BCUT2D eigenvalue weighted by Crippen LogP contribution is 2.26. The number of furan rings is 1. The van der Waals surface area contributed by atoms with Crippen molar-refractivity contribution in [2.45, 2.75) is 46.8 Å². The summed E-state index contributed by atoms with van der Waals surface area (Å²) in [6, 6.07) is 6.89. The molecule has 0 fully saturated rings. The summed E-state index contributed by atoms with van der Waals surface area (Å²) in [4.78, 5) is 8.67. The first-order valence-corrected chi connectivity index (χ1v) is 10.3. The summed E-state index contributed by atoms with van der Waals surface area (Å²) < 4.78 is 21.9. The van der Waals surface area contributed by atoms with Gasteiger partial charge in [0.05, 0.1) is 18.8 Å². The molecule has 0 radical (unpaired) electrons. The van der Waals surface area contributed by atoms with Crippen molar-refractivity contribution in [2.75, 3.05) is 13.1 Å². The molecule has 1 unspecified atom stereocenters. The molecule has 0 aliphatic heterocycles. The van der Waals surface area contributed by atoms with Gasteiger partial charge in [-0.15, -0.1) is 0 Å². The lowest BCUT2D eigenvalue weighted by atomic mass is 9.96. The highest BCUT2D eigenvalue weighted by atomic mass is 19.1. The first kappa shape index (κ1) is 22.6. The average Bonchev–Trinajstić information content (AvgIpc) is 3.29. The van der Waals surface area contributed by atoms with Crippen LogP contribution in [-0.2, 0) is 12.1 Å². The topological polar surface area (TPSA) is 87.6 Å². The van der Waals surface area contributed by atoms with E-state index in [0.717, 1.165) is 22.7 Å². The van der Waals surface area contributed by atoms with E-state index in [2.05, 4.69) is 20.6 Å². The van der Waals surface area contributed by atoms with Crippen molar-refractivity contribution >= 4 is 5.96 Å². The van der Waals surface area contributed by atoms with Gasteiger partial charge in [0.15, 0.2) is 5.96 Å². The van der Waals surface area contributed by atoms with Crippen LogP contribution in [0.1, 0.15) is 42.3 Å². The molecule has 0 amide bonds. The van der Waals surface area contributed by atoms with E-state index in [-0.39, 0.29) is 12.4 Å². The lowest BCUT2D eigenvalue weighted by Crippen LogP contribution is -2.44. The van der Waals surface area contributed by atoms with E-state index < -0.39 is 5.60 Å². The summed E-state index contributed by atoms with van der Waals surface area (Å²) in [6.07, 6.45) is 3.37. The minimum absolute atomic E-state index is 0.242. The second-order valence-corrected chi connectivity index (χ2v) is 7.78. The SMILES string of the molecule is CCNC(=NCc1ccc(-n2ccnc2C)c(F)c1)NCC(C)(O)c1cc(C)oc1C. The third-order valence-electron chi connectivity index (χ3n) is 5.08. The number of aryl methyl sites for hydroxylation is 3. The molecule has 1 aromatic carbocycles. The summed E-state index contributed by atoms with van der Waals surface area (Å²) in [6.45, 7) is 10.4. The molecule has 0 aliphatic carbocycles. The molecule has 31 heavy (non-hydrogen) atoms. The highest BCUT2D eigenvalue weighted by Gasteiger charge is 2.27. The molecule has 3 rings (SSSR count). The number of halogens is 1. The van der Waals surface area contributed by atoms with Crippen molar-refractivity contribution in [3.63, 3.8) is 0 Å². The van der Waals surface area contributed by atoms with Crippen LogP contribution < -0.4 is 10.6 Å². The molecule has 1 atom stereocenters. The standard InChI is InChI=1S/C23H30FN5O2/c1-6-25-22(28-14-23(5,30)19-11-15(2)31-16(19)3)27-13-18-7-8-21(20(24)12-18)29-10-9-26-17(29)4/h7-12,30H,6,13-14H2,1-5H3,(H2,25,27,28). The smallest absolute Gasteiger partial charge is 0.191 e. The van der Waals surface area contributed by atoms with Crippen molar-refractivity contribution < 1.29 is 13.9 Å². The molecule has 0 spiro atoms. The predicted molar refractivity (Wildman–Crippen MR) is 119 cm³/mol. The Balaban J connectivity index is 1.70. The molecule has 0 aliphatic rings. The molecule has 7 nitrogen and oxygen atoms in total. The van der Waals surface area contributed by atoms with Crippen LogP contribution in [0.3, 0.4) is 0 Å². The quantitative estimate of drug-likeness (QED) is 0.397. The molecule has 166 valence electrons. The van der Waals surface area contributed by atoms with Gasteiger partial charge in [-0.05, 0) is 58.4 Å². The summed E-state index contributed by atoms with van der Waals surface area (Å²) >= 11 is 0. The first-order valence-electron chi connectivity index (χ1n) is 10.3. The van der Waals surface area contributed by atoms with E-state index in [1.165, 1.54) is 6.07 Å². The Hall–Kier alpha value is -3.13. The largest absolute Gasteiger partial charge is 0.466 e. The molecule has 0 saturated heterocycles. The van der Waals surface area contributed by atoms with Crippen molar-refractivity contribution in [1.82, 2.24) is 20.2 Å². The highest BCUT2D eigenvalue weighted by molar-refractivity contribution is 5.79. The number of aromatic nitrogens is 2. The minimum atomic E-state index is -1.13. The molecule has 2 heterocycles. The number of benzene rings is 1. The Morgan fingerprint density at radius 3 is 2.61 bits per heavy atom. The number of hydrogen-bond acceptors (Lipinski definition) is 4. The van der Waals surface area contributed by atoms with Crippen molar-refractivity contribution in [3.05, 3.63) is 70.9 Å². The van der Waals surface area contributed by atoms with Gasteiger partial charge >= 0.3 is 0 Å². The number of aliphatic imine (C=N–C) groups is 1. The summed E-state index contributed by atoms with van der Waals surface area (Å²) in [5.41, 5.74) is 0.800. The van der Waals surface area contributed by atoms with E-state index in [1.54, 1.807) is 30.0 Å². The number of rotatable bonds is 7. The Labute approximate surface area is 182 Å². The fraction of sp³-hybridized carbons (Fsp3) is 0.391. The van der Waals surface area contributed by atoms with Gasteiger partial charge in [0, 0.05) is 24.5 Å². The Bertz CT molecular complexity index is 1070. The Kier molecular flexibility index (Phi) is 6.80. The summed E-state index contributed by atoms with van der Waals surface area (Å²) in [7, 11) is 0. The lowest BCUT2D eigenvalue weighted by Gasteiger charge is -2.24. The summed E-state index contributed by atoms with van der Waals surface area (Å²) in [5, 5.41) is 17.2. The van der Waals surface area contributed by atoms with Crippen LogP contribution in [0.25, 0.3) is 5.69 Å². The van der Waals surface area contributed by atoms with Gasteiger partial charge in [0.1, 0.15) is 28.8 Å². The van der Waals surface area contributed by atoms with E-state index in [0.29, 0.717) is 30.5 Å². The van der Waals surface area contributed by atoms with Crippen LogP contribution in [0.4, 0.5) is 4.39 Å². The number of imidazole rings is 1. The molecule has 3 aromatic rings. The lowest BCUT2D eigenvalue weighted by molar-refractivity contribution is 0.0601. The van der Waals surface area contributed by atoms with Crippen molar-refractivity contribution in [3.8, 4) is 5.69 Å². The number of hydrogen-bond donors (Lipinski definition) is 3. The third kappa shape index (κ3) is 5.32. The number of nitrogens with zero attached hydrogens (tertiary/aromatic N) is 3. The van der Waals surface area contributed by atoms with Crippen LogP contribution in [0.2, 0.25) is 0 Å². The normalized spacial score (nSPS) is 13.8. The molecule has 8 heteroatoms. The van der Waals surface area contributed by atoms with Crippen LogP contribution in [-0.4, -0.2) is 33.7 Å². The Morgan fingerprint density at radius 1 is 1.26 bits per heavy atom. The van der Waals surface area contributed by atoms with E-state index in [1.807, 2.05) is 39.8 Å². The van der Waals surface area contributed by atoms with Gasteiger partial charge in [-0.3, -0.25) is 0 Å². The molecule has 2 aromatic heterocycles. The van der Waals surface area contributed by atoms with Gasteiger partial charge in [-0.1, -0.05) is 6.07 Å². The van der Waals surface area contributed by atoms with E-state index in [9.17, 15) is 9.50 Å². The van der Waals surface area contributed by atoms with Crippen molar-refractivity contribution in [2.24, 2.45) is 4.99 Å². The molecular formula is C23H30FN5O2. The zero-order chi connectivity index (χ0) is 22.6. The first-order chi connectivity index (χ1) is 14.7. The Morgan fingerprint density at radius 2 is 2.03 bits per heavy atom. The fourth-order valence-corrected chi connectivity index (χ4v) is 3.51. The van der Waals surface area contributed by atoms with Crippen LogP contribution in [0.5, 0.6) is 0 Å². The number of aliphatic hydroxyl groups is 1. The molecule has 0 bridgehead atoms. The molecule has 0 saturated carbocycles. The van der Waals surface area contributed by atoms with Crippen molar-refractivity contribution in [1.29, 1.82) is 0 Å². The van der Waals surface area contributed by atoms with Gasteiger partial charge in [0.2, 0.25) is 0 Å². The maximum absolute atomic E-state index is 14.6. The van der Waals surface area contributed by atoms with E-state index >= 15 is 0 Å². The number of nitrogens with one attached hydrogen (secondary N) is 2. The van der Waals surface area contributed by atoms with Gasteiger partial charge < -0.3 is 24.7 Å². The van der Waals surface area contributed by atoms with Crippen LogP contribution in [0.15, 0.2) is 46.1 Å². The number of guanidine groups is 1. The van der Waals surface area contributed by atoms with Gasteiger partial charge in [-0.2, -0.15) is 0 Å². The molecular weight excluding hydrogens is 397 g/mol. The maximum atomic E-state index is 14.6.